The van der Waals surface area contributed by atoms with Gasteiger partial charge in [0.05, 0.1) is 28.7 Å². The number of aldehydes is 1. The number of alkyl halides is 7. The highest BCUT2D eigenvalue weighted by Crippen LogP contribution is 2.35. The quantitative estimate of drug-likeness (QED) is 0.0411. The van der Waals surface area contributed by atoms with E-state index in [9.17, 15) is 31.1 Å². The Morgan fingerprint density at radius 3 is 1.48 bits per heavy atom. The van der Waals surface area contributed by atoms with Crippen LogP contribution in [0.25, 0.3) is 21.4 Å². The number of hydrogen-bond acceptors (Lipinski definition) is 22. The van der Waals surface area contributed by atoms with Crippen molar-refractivity contribution >= 4 is 91.4 Å². The molecule has 13 rings (SSSR count). The van der Waals surface area contributed by atoms with Crippen LogP contribution in [-0.4, -0.2) is 120 Å². The van der Waals surface area contributed by atoms with Crippen LogP contribution < -0.4 is 10.2 Å². The maximum absolute atomic E-state index is 12.8. The fourth-order valence-corrected chi connectivity index (χ4v) is 12.0. The molecule has 10 aromatic heterocycles. The third-order valence-corrected chi connectivity index (χ3v) is 17.1. The first-order valence-electron chi connectivity index (χ1n) is 28.4. The number of aromatic nitrogens is 12. The zero-order chi connectivity index (χ0) is 64.0. The van der Waals surface area contributed by atoms with E-state index in [-0.39, 0.29) is 11.6 Å². The predicted octanol–water partition coefficient (Wildman–Crippen LogP) is 14.7. The van der Waals surface area contributed by atoms with Crippen LogP contribution in [0.5, 0.6) is 0 Å². The van der Waals surface area contributed by atoms with Gasteiger partial charge >= 0.3 is 24.1 Å². The van der Waals surface area contributed by atoms with E-state index in [4.69, 9.17) is 23.2 Å². The third kappa shape index (κ3) is 21.4. The Hall–Kier alpha value is -7.77. The number of pyridine rings is 4. The highest BCUT2D eigenvalue weighted by Gasteiger charge is 2.39. The summed E-state index contributed by atoms with van der Waals surface area (Å²) in [5.74, 6) is 0.0395. The molecule has 31 heteroatoms. The smallest absolute Gasteiger partial charge is 0.329 e. The first-order valence-corrected chi connectivity index (χ1v) is 31.9. The maximum Gasteiger partial charge on any atom is 0.471 e. The summed E-state index contributed by atoms with van der Waals surface area (Å²) in [6, 6.07) is 22.2. The number of nitrogens with one attached hydrogen (secondary N) is 1. The fourth-order valence-electron chi connectivity index (χ4n) is 9.37. The van der Waals surface area contributed by atoms with Crippen LogP contribution in [0.2, 0.25) is 10.3 Å². The lowest BCUT2D eigenvalue weighted by Crippen LogP contribution is -2.21. The van der Waals surface area contributed by atoms with Gasteiger partial charge in [0.15, 0.2) is 5.82 Å². The second-order valence-electron chi connectivity index (χ2n) is 20.4. The van der Waals surface area contributed by atoms with Gasteiger partial charge in [0.2, 0.25) is 11.6 Å². The van der Waals surface area contributed by atoms with E-state index in [0.29, 0.717) is 55.0 Å². The van der Waals surface area contributed by atoms with Crippen molar-refractivity contribution in [3.8, 4) is 21.4 Å². The lowest BCUT2D eigenvalue weighted by molar-refractivity contribution is -0.160. The van der Waals surface area contributed by atoms with Crippen molar-refractivity contribution in [3.05, 3.63) is 189 Å². The van der Waals surface area contributed by atoms with Crippen LogP contribution in [0.4, 0.5) is 49.6 Å². The first kappa shape index (κ1) is 67.6. The Bertz CT molecular complexity index is 3830. The van der Waals surface area contributed by atoms with Crippen LogP contribution in [0, 0.1) is 0 Å². The van der Waals surface area contributed by atoms with E-state index >= 15 is 0 Å². The number of carbonyl (C=O) groups excluding carboxylic acids is 1. The minimum atomic E-state index is -4.68. The molecule has 3 saturated heterocycles. The molecular weight excluding hydrogens is 1340 g/mol. The number of halogens is 9. The Kier molecular flexibility index (Phi) is 24.9. The van der Waals surface area contributed by atoms with Gasteiger partial charge < -0.3 is 19.3 Å². The minimum Gasteiger partial charge on any atom is -0.329 e. The summed E-state index contributed by atoms with van der Waals surface area (Å²) in [6.07, 6.45) is 15.9. The molecule has 0 atom stereocenters. The third-order valence-electron chi connectivity index (χ3n) is 13.6. The Balaban J connectivity index is 0.000000146. The summed E-state index contributed by atoms with van der Waals surface area (Å²) in [4.78, 5) is 62.3. The molecule has 0 bridgehead atoms. The van der Waals surface area contributed by atoms with Gasteiger partial charge in [-0.2, -0.15) is 36.3 Å². The van der Waals surface area contributed by atoms with Gasteiger partial charge in [-0.15, -0.1) is 22.7 Å². The molecule has 476 valence electrons. The Morgan fingerprint density at radius 1 is 0.538 bits per heavy atom. The van der Waals surface area contributed by atoms with Crippen molar-refractivity contribution in [2.24, 2.45) is 0 Å². The van der Waals surface area contributed by atoms with E-state index in [2.05, 4.69) is 117 Å². The van der Waals surface area contributed by atoms with E-state index in [1.54, 1.807) is 73.8 Å². The number of nitrogens with zero attached hydrogens (tertiary/aromatic N) is 16. The van der Waals surface area contributed by atoms with Crippen molar-refractivity contribution in [3.63, 3.8) is 0 Å². The maximum atomic E-state index is 12.8. The van der Waals surface area contributed by atoms with E-state index in [0.717, 1.165) is 60.1 Å². The molecule has 20 nitrogen and oxygen atoms in total. The summed E-state index contributed by atoms with van der Waals surface area (Å²) < 4.78 is 83.5. The molecule has 0 spiro atoms. The number of hydrogen-bond donors (Lipinski definition) is 1. The molecule has 0 amide bonds. The predicted molar refractivity (Wildman–Crippen MR) is 337 cm³/mol. The van der Waals surface area contributed by atoms with Gasteiger partial charge in [-0.3, -0.25) is 29.5 Å². The van der Waals surface area contributed by atoms with Crippen molar-refractivity contribution < 1.29 is 40.2 Å². The van der Waals surface area contributed by atoms with Crippen LogP contribution in [-0.2, 0) is 43.9 Å². The van der Waals surface area contributed by atoms with Gasteiger partial charge in [0, 0.05) is 89.9 Å². The molecule has 10 aromatic rings. The Morgan fingerprint density at radius 2 is 1.01 bits per heavy atom. The number of rotatable bonds is 16. The fraction of sp³-hybridized carbons (Fsp3) is 0.317. The van der Waals surface area contributed by atoms with Crippen LogP contribution in [0.3, 0.4) is 0 Å². The Labute approximate surface area is 545 Å². The molecule has 3 aliphatic heterocycles. The largest absolute Gasteiger partial charge is 0.471 e. The molecule has 0 aromatic carbocycles. The molecule has 0 aliphatic carbocycles. The number of thiophene rings is 2. The summed E-state index contributed by atoms with van der Waals surface area (Å²) in [6.45, 7) is 10.3. The van der Waals surface area contributed by atoms with Crippen LogP contribution in [0.1, 0.15) is 87.1 Å². The van der Waals surface area contributed by atoms with Crippen molar-refractivity contribution in [2.45, 2.75) is 82.4 Å². The SMILES string of the molecule is Clc1cc(CN2CCCC2)ccn1.FC(F)(F)c1nc(-c2ccc(CBr)s2)no1.FC(F)(F)c1nc(-c2ccc(CN(c3cnccn3)c3cc(CN4CCCC4)ccn3)s2)no1.O=Cc1ccnc(Cl)c1.c1cnc(Nc2cc(CN3CCCC3)ccn2)cn1. The van der Waals surface area contributed by atoms with Crippen molar-refractivity contribution in [1.29, 1.82) is 0 Å². The van der Waals surface area contributed by atoms with Gasteiger partial charge in [-0.05, 0) is 167 Å². The molecule has 13 heterocycles. The minimum absolute atomic E-state index is 0.0375. The normalized spacial score (nSPS) is 14.3. The second-order valence-corrected chi connectivity index (χ2v) is 24.1. The molecule has 3 fully saturated rings. The molecule has 0 unspecified atom stereocenters. The standard InChI is InChI=1S/C22H20F3N7OS.C14H17N5.C10H13ClN2.C8H4BrF3N2OS.C6H4ClNO/c23-22(24,25)21-29-20(30-33-21)17-4-3-16(34-17)14-32(19-12-26-7-8-28-19)18-11-15(5-6-27-18)13-31-9-1-2-10-31;1-2-8-19(7-1)11-12-3-4-16-13(9-12)18-14-10-15-5-6-17-14;11-10-7-9(3-4-12-10)8-13-5-1-2-6-13;9-3-4-1-2-5(16-4)6-13-7(15-14-6)8(10,11)12;7-6-3-5(4-9)1-2-8-6/h3-8,11-12H,1-2,9-10,13-14H2;3-6,9-10H,1-2,7-8,11H2,(H,16,17,18);3-4,7H,1-2,5-6,8H2;1-2H,3H2;1-4H. The second kappa shape index (κ2) is 33.5. The number of likely N-dealkylation sites (tertiary alicyclic amines) is 3. The lowest BCUT2D eigenvalue weighted by atomic mass is 10.2. The van der Waals surface area contributed by atoms with E-state index in [1.165, 1.54) is 111 Å². The molecule has 91 heavy (non-hydrogen) atoms. The monoisotopic (exact) mass is 1390 g/mol. The molecule has 0 radical (unpaired) electrons. The average Bonchev–Trinajstić information content (AvgIpc) is 2.65. The summed E-state index contributed by atoms with van der Waals surface area (Å²) in [5.41, 5.74) is 4.25. The summed E-state index contributed by atoms with van der Waals surface area (Å²) >= 11 is 17.1. The van der Waals surface area contributed by atoms with Gasteiger partial charge in [0.25, 0.3) is 0 Å². The zero-order valence-corrected chi connectivity index (χ0v) is 53.1. The highest BCUT2D eigenvalue weighted by atomic mass is 79.9. The lowest BCUT2D eigenvalue weighted by Gasteiger charge is -2.23. The number of carbonyl (C=O) groups is 1. The van der Waals surface area contributed by atoms with Crippen molar-refractivity contribution in [1.82, 2.24) is 74.9 Å². The van der Waals surface area contributed by atoms with Gasteiger partial charge in [-0.25, -0.2) is 29.9 Å². The average molecular weight is 1390 g/mol. The first-order chi connectivity index (χ1) is 44.0. The zero-order valence-electron chi connectivity index (χ0n) is 48.4. The molecule has 3 aliphatic rings. The summed E-state index contributed by atoms with van der Waals surface area (Å²) in [7, 11) is 0. The van der Waals surface area contributed by atoms with Crippen molar-refractivity contribution in [2.75, 3.05) is 49.5 Å². The van der Waals surface area contributed by atoms with Crippen LogP contribution >= 0.6 is 61.8 Å². The highest BCUT2D eigenvalue weighted by molar-refractivity contribution is 9.08. The van der Waals surface area contributed by atoms with E-state index in [1.807, 2.05) is 41.4 Å². The topological polar surface area (TPSA) is 223 Å². The molecule has 1 N–H and O–H groups in total. The van der Waals surface area contributed by atoms with E-state index < -0.39 is 24.1 Å². The van der Waals surface area contributed by atoms with Gasteiger partial charge in [-0.1, -0.05) is 49.4 Å². The molecule has 0 saturated carbocycles. The summed E-state index contributed by atoms with van der Waals surface area (Å²) in [5, 5.41) is 11.5. The van der Waals surface area contributed by atoms with Gasteiger partial charge in [0.1, 0.15) is 34.0 Å². The number of anilines is 4. The molecular formula is C60H58BrCl2F6N17O3S2. The van der Waals surface area contributed by atoms with Crippen LogP contribution in [0.15, 0.2) is 144 Å².